The SMILES string of the molecule is COC(=O)CNC(CN1CC[C@H](O)C1)c1ccccc1. The summed E-state index contributed by atoms with van der Waals surface area (Å²) in [6, 6.07) is 10.1. The second-order valence-electron chi connectivity index (χ2n) is 5.12. The summed E-state index contributed by atoms with van der Waals surface area (Å²) in [5.74, 6) is -0.271. The van der Waals surface area contributed by atoms with E-state index in [2.05, 4.69) is 15.0 Å². The van der Waals surface area contributed by atoms with E-state index in [4.69, 9.17) is 0 Å². The van der Waals surface area contributed by atoms with Crippen molar-refractivity contribution >= 4 is 5.97 Å². The molecule has 1 heterocycles. The summed E-state index contributed by atoms with van der Waals surface area (Å²) in [4.78, 5) is 13.5. The fourth-order valence-corrected chi connectivity index (χ4v) is 2.49. The first kappa shape index (κ1) is 15.0. The molecule has 1 fully saturated rings. The number of rotatable bonds is 6. The van der Waals surface area contributed by atoms with Crippen molar-refractivity contribution in [3.63, 3.8) is 0 Å². The summed E-state index contributed by atoms with van der Waals surface area (Å²) >= 11 is 0. The Morgan fingerprint density at radius 1 is 1.50 bits per heavy atom. The fourth-order valence-electron chi connectivity index (χ4n) is 2.49. The van der Waals surface area contributed by atoms with Crippen molar-refractivity contribution in [2.45, 2.75) is 18.6 Å². The molecule has 2 N–H and O–H groups in total. The standard InChI is InChI=1S/C15H22N2O3/c1-20-15(19)9-16-14(12-5-3-2-4-6-12)11-17-8-7-13(18)10-17/h2-6,13-14,16,18H,7-11H2,1H3/t13-,14?/m0/s1. The first-order valence-electron chi connectivity index (χ1n) is 6.94. The number of hydrogen-bond acceptors (Lipinski definition) is 5. The summed E-state index contributed by atoms with van der Waals surface area (Å²) in [5.41, 5.74) is 1.14. The molecule has 0 amide bonds. The third kappa shape index (κ3) is 4.30. The quantitative estimate of drug-likeness (QED) is 0.744. The predicted octanol–water partition coefficient (Wildman–Crippen LogP) is 0.557. The molecule has 2 rings (SSSR count). The zero-order chi connectivity index (χ0) is 14.4. The second-order valence-corrected chi connectivity index (χ2v) is 5.12. The smallest absolute Gasteiger partial charge is 0.319 e. The van der Waals surface area contributed by atoms with Crippen LogP contribution in [0.1, 0.15) is 18.0 Å². The molecule has 5 nitrogen and oxygen atoms in total. The minimum atomic E-state index is -0.271. The van der Waals surface area contributed by atoms with Crippen molar-refractivity contribution < 1.29 is 14.6 Å². The molecule has 110 valence electrons. The largest absolute Gasteiger partial charge is 0.468 e. The molecular weight excluding hydrogens is 256 g/mol. The van der Waals surface area contributed by atoms with Crippen molar-refractivity contribution in [1.29, 1.82) is 0 Å². The number of esters is 1. The van der Waals surface area contributed by atoms with Crippen LogP contribution in [0.5, 0.6) is 0 Å². The number of carbonyl (C=O) groups excluding carboxylic acids is 1. The van der Waals surface area contributed by atoms with Gasteiger partial charge in [-0.1, -0.05) is 30.3 Å². The lowest BCUT2D eigenvalue weighted by atomic mass is 10.1. The van der Waals surface area contributed by atoms with Crippen LogP contribution in [0.2, 0.25) is 0 Å². The summed E-state index contributed by atoms with van der Waals surface area (Å²) < 4.78 is 4.67. The Morgan fingerprint density at radius 3 is 2.85 bits per heavy atom. The number of aliphatic hydroxyl groups excluding tert-OH is 1. The second kappa shape index (κ2) is 7.38. The molecule has 1 aromatic rings. The van der Waals surface area contributed by atoms with Crippen molar-refractivity contribution in [2.24, 2.45) is 0 Å². The highest BCUT2D eigenvalue weighted by atomic mass is 16.5. The van der Waals surface area contributed by atoms with Crippen LogP contribution in [0, 0.1) is 0 Å². The molecule has 0 bridgehead atoms. The van der Waals surface area contributed by atoms with E-state index >= 15 is 0 Å². The maximum atomic E-state index is 11.3. The van der Waals surface area contributed by atoms with Crippen LogP contribution in [0.25, 0.3) is 0 Å². The van der Waals surface area contributed by atoms with Crippen LogP contribution in [-0.4, -0.2) is 55.4 Å². The number of likely N-dealkylation sites (tertiary alicyclic amines) is 1. The van der Waals surface area contributed by atoms with Crippen molar-refractivity contribution in [3.05, 3.63) is 35.9 Å². The molecule has 1 aliphatic rings. The lowest BCUT2D eigenvalue weighted by molar-refractivity contribution is -0.139. The van der Waals surface area contributed by atoms with E-state index in [9.17, 15) is 9.90 Å². The molecule has 1 aromatic carbocycles. The minimum Gasteiger partial charge on any atom is -0.468 e. The number of ether oxygens (including phenoxy) is 1. The van der Waals surface area contributed by atoms with Gasteiger partial charge in [0.25, 0.3) is 0 Å². The number of benzene rings is 1. The van der Waals surface area contributed by atoms with Crippen molar-refractivity contribution in [2.75, 3.05) is 33.3 Å². The first-order valence-corrected chi connectivity index (χ1v) is 6.94. The first-order chi connectivity index (χ1) is 9.69. The predicted molar refractivity (Wildman–Crippen MR) is 76.3 cm³/mol. The summed E-state index contributed by atoms with van der Waals surface area (Å²) in [6.45, 7) is 2.55. The average molecular weight is 278 g/mol. The van der Waals surface area contributed by atoms with Gasteiger partial charge in [-0.25, -0.2) is 0 Å². The average Bonchev–Trinajstić information content (AvgIpc) is 2.89. The fraction of sp³-hybridized carbons (Fsp3) is 0.533. The highest BCUT2D eigenvalue weighted by molar-refractivity contribution is 5.71. The lowest BCUT2D eigenvalue weighted by Gasteiger charge is -2.24. The van der Waals surface area contributed by atoms with Crippen LogP contribution in [-0.2, 0) is 9.53 Å². The van der Waals surface area contributed by atoms with Gasteiger partial charge in [0.2, 0.25) is 0 Å². The van der Waals surface area contributed by atoms with Crippen molar-refractivity contribution in [3.8, 4) is 0 Å². The van der Waals surface area contributed by atoms with E-state index in [-0.39, 0.29) is 24.7 Å². The van der Waals surface area contributed by atoms with Gasteiger partial charge in [-0.2, -0.15) is 0 Å². The van der Waals surface area contributed by atoms with E-state index in [1.165, 1.54) is 7.11 Å². The number of nitrogens with zero attached hydrogens (tertiary/aromatic N) is 1. The normalized spacial score (nSPS) is 20.8. The van der Waals surface area contributed by atoms with Crippen molar-refractivity contribution in [1.82, 2.24) is 10.2 Å². The number of β-amino-alcohol motifs (C(OH)–C–C–N with tert-alkyl or cyclic N) is 1. The molecule has 0 saturated carbocycles. The van der Waals surface area contributed by atoms with Crippen LogP contribution >= 0.6 is 0 Å². The Morgan fingerprint density at radius 2 is 2.25 bits per heavy atom. The van der Waals surface area contributed by atoms with Gasteiger partial charge in [0.1, 0.15) is 0 Å². The topological polar surface area (TPSA) is 61.8 Å². The summed E-state index contributed by atoms with van der Waals surface area (Å²) in [7, 11) is 1.39. The van der Waals surface area contributed by atoms with E-state index < -0.39 is 0 Å². The van der Waals surface area contributed by atoms with Gasteiger partial charge in [-0.3, -0.25) is 15.0 Å². The molecule has 5 heteroatoms. The zero-order valence-corrected chi connectivity index (χ0v) is 11.8. The highest BCUT2D eigenvalue weighted by Gasteiger charge is 2.23. The van der Waals surface area contributed by atoms with Crippen LogP contribution in [0.3, 0.4) is 0 Å². The van der Waals surface area contributed by atoms with Crippen LogP contribution in [0.4, 0.5) is 0 Å². The maximum absolute atomic E-state index is 11.3. The molecule has 0 radical (unpaired) electrons. The van der Waals surface area contributed by atoms with Gasteiger partial charge in [-0.15, -0.1) is 0 Å². The van der Waals surface area contributed by atoms with Gasteiger partial charge in [0, 0.05) is 25.7 Å². The van der Waals surface area contributed by atoms with Gasteiger partial charge in [0.15, 0.2) is 0 Å². The van der Waals surface area contributed by atoms with Gasteiger partial charge in [0.05, 0.1) is 19.8 Å². The highest BCUT2D eigenvalue weighted by Crippen LogP contribution is 2.17. The van der Waals surface area contributed by atoms with Gasteiger partial charge >= 0.3 is 5.97 Å². The molecule has 0 aromatic heterocycles. The van der Waals surface area contributed by atoms with Gasteiger partial charge in [-0.05, 0) is 12.0 Å². The van der Waals surface area contributed by atoms with E-state index in [1.54, 1.807) is 0 Å². The van der Waals surface area contributed by atoms with E-state index in [0.717, 1.165) is 25.1 Å². The molecule has 2 atom stereocenters. The zero-order valence-electron chi connectivity index (χ0n) is 11.8. The molecule has 1 unspecified atom stereocenters. The number of nitrogens with one attached hydrogen (secondary N) is 1. The Kier molecular flexibility index (Phi) is 5.52. The molecule has 0 aliphatic carbocycles. The molecule has 20 heavy (non-hydrogen) atoms. The van der Waals surface area contributed by atoms with E-state index in [1.807, 2.05) is 30.3 Å². The number of carbonyl (C=O) groups is 1. The number of hydrogen-bond donors (Lipinski definition) is 2. The lowest BCUT2D eigenvalue weighted by Crippen LogP contribution is -2.37. The monoisotopic (exact) mass is 278 g/mol. The summed E-state index contributed by atoms with van der Waals surface area (Å²) in [5, 5.41) is 12.8. The van der Waals surface area contributed by atoms with E-state index in [0.29, 0.717) is 6.54 Å². The van der Waals surface area contributed by atoms with Crippen LogP contribution < -0.4 is 5.32 Å². The Bertz CT molecular complexity index is 424. The molecule has 0 spiro atoms. The molecular formula is C15H22N2O3. The maximum Gasteiger partial charge on any atom is 0.319 e. The molecule has 1 aliphatic heterocycles. The molecule has 1 saturated heterocycles. The Labute approximate surface area is 119 Å². The Hall–Kier alpha value is -1.43. The van der Waals surface area contributed by atoms with Gasteiger partial charge < -0.3 is 9.84 Å². The van der Waals surface area contributed by atoms with Crippen LogP contribution in [0.15, 0.2) is 30.3 Å². The third-order valence-corrected chi connectivity index (χ3v) is 3.61. The minimum absolute atomic E-state index is 0.0561. The number of aliphatic hydroxyl groups is 1. The third-order valence-electron chi connectivity index (χ3n) is 3.61. The Balaban J connectivity index is 1.98. The summed E-state index contributed by atoms with van der Waals surface area (Å²) in [6.07, 6.45) is 0.588. The number of methoxy groups -OCH3 is 1.